The molecule has 2 amide bonds. The van der Waals surface area contributed by atoms with Gasteiger partial charge in [0.05, 0.1) is 17.7 Å². The number of hydrogen-bond donors (Lipinski definition) is 3. The topological polar surface area (TPSA) is 108 Å². The van der Waals surface area contributed by atoms with Crippen molar-refractivity contribution in [2.45, 2.75) is 6.42 Å². The zero-order chi connectivity index (χ0) is 13.1. The van der Waals surface area contributed by atoms with Crippen LogP contribution in [0.1, 0.15) is 16.8 Å². The van der Waals surface area contributed by atoms with Gasteiger partial charge in [-0.05, 0) is 12.1 Å². The van der Waals surface area contributed by atoms with E-state index in [4.69, 9.17) is 5.11 Å². The summed E-state index contributed by atoms with van der Waals surface area (Å²) in [6.45, 7) is 0. The molecule has 0 aromatic heterocycles. The average molecular weight is 247 g/mol. The van der Waals surface area contributed by atoms with Gasteiger partial charge >= 0.3 is 5.97 Å². The first-order valence-corrected chi connectivity index (χ1v) is 5.07. The molecule has 92 valence electrons. The van der Waals surface area contributed by atoms with Crippen molar-refractivity contribution < 1.29 is 19.5 Å². The van der Waals surface area contributed by atoms with Crippen LogP contribution in [0, 0.1) is 0 Å². The summed E-state index contributed by atoms with van der Waals surface area (Å²) in [4.78, 5) is 33.5. The normalized spacial score (nSPS) is 13.8. The number of hydrogen-bond acceptors (Lipinski definition) is 4. The Morgan fingerprint density at radius 1 is 1.33 bits per heavy atom. The molecule has 0 unspecified atom stereocenters. The van der Waals surface area contributed by atoms with Crippen LogP contribution in [-0.2, 0) is 9.59 Å². The van der Waals surface area contributed by atoms with E-state index in [1.807, 2.05) is 0 Å². The van der Waals surface area contributed by atoms with Gasteiger partial charge in [0.2, 0.25) is 5.91 Å². The SMILES string of the molecule is O=C1CC(C(=O)Nc2ccccc2C(=O)O)=NN1. The number of nitrogens with zero attached hydrogens (tertiary/aromatic N) is 1. The van der Waals surface area contributed by atoms with Gasteiger partial charge in [-0.15, -0.1) is 0 Å². The summed E-state index contributed by atoms with van der Waals surface area (Å²) in [6, 6.07) is 5.99. The van der Waals surface area contributed by atoms with Crippen LogP contribution in [0.3, 0.4) is 0 Å². The lowest BCUT2D eigenvalue weighted by Crippen LogP contribution is -2.23. The summed E-state index contributed by atoms with van der Waals surface area (Å²) in [5, 5.41) is 14.9. The van der Waals surface area contributed by atoms with E-state index in [1.54, 1.807) is 12.1 Å². The Bertz CT molecular complexity index is 565. The van der Waals surface area contributed by atoms with Crippen LogP contribution in [0.5, 0.6) is 0 Å². The Balaban J connectivity index is 2.17. The molecule has 0 spiro atoms. The van der Waals surface area contributed by atoms with Gasteiger partial charge in [0.1, 0.15) is 5.71 Å². The maximum atomic E-state index is 11.7. The molecule has 0 fully saturated rings. The number of benzene rings is 1. The highest BCUT2D eigenvalue weighted by atomic mass is 16.4. The Kier molecular flexibility index (Phi) is 3.05. The number of carbonyl (C=O) groups excluding carboxylic acids is 2. The van der Waals surface area contributed by atoms with Crippen molar-refractivity contribution in [3.63, 3.8) is 0 Å². The van der Waals surface area contributed by atoms with Gasteiger partial charge in [0, 0.05) is 0 Å². The molecule has 3 N–H and O–H groups in total. The minimum absolute atomic E-state index is 0.0243. The number of carboxylic acids is 1. The Labute approximate surface area is 101 Å². The zero-order valence-electron chi connectivity index (χ0n) is 9.14. The molecule has 18 heavy (non-hydrogen) atoms. The highest BCUT2D eigenvalue weighted by Crippen LogP contribution is 2.15. The largest absolute Gasteiger partial charge is 0.478 e. The van der Waals surface area contributed by atoms with Crippen LogP contribution in [-0.4, -0.2) is 28.6 Å². The fourth-order valence-corrected chi connectivity index (χ4v) is 1.47. The van der Waals surface area contributed by atoms with Crippen LogP contribution in [0.4, 0.5) is 5.69 Å². The molecule has 7 nitrogen and oxygen atoms in total. The first kappa shape index (κ1) is 11.8. The predicted molar refractivity (Wildman–Crippen MR) is 62.2 cm³/mol. The van der Waals surface area contributed by atoms with Crippen LogP contribution >= 0.6 is 0 Å². The minimum Gasteiger partial charge on any atom is -0.478 e. The third-order valence-electron chi connectivity index (χ3n) is 2.31. The molecular formula is C11H9N3O4. The van der Waals surface area contributed by atoms with Gasteiger partial charge in [-0.2, -0.15) is 5.10 Å². The summed E-state index contributed by atoms with van der Waals surface area (Å²) in [5.74, 6) is -2.11. The molecule has 2 rings (SSSR count). The fourth-order valence-electron chi connectivity index (χ4n) is 1.47. The molecule has 1 aliphatic rings. The van der Waals surface area contributed by atoms with E-state index in [1.165, 1.54) is 12.1 Å². The predicted octanol–water partition coefficient (Wildman–Crippen LogP) is 0.199. The first-order chi connectivity index (χ1) is 8.58. The van der Waals surface area contributed by atoms with E-state index in [2.05, 4.69) is 15.8 Å². The van der Waals surface area contributed by atoms with Crippen molar-refractivity contribution in [1.29, 1.82) is 0 Å². The molecule has 1 aliphatic heterocycles. The lowest BCUT2D eigenvalue weighted by molar-refractivity contribution is -0.119. The second-order valence-corrected chi connectivity index (χ2v) is 3.58. The quantitative estimate of drug-likeness (QED) is 0.708. The van der Waals surface area contributed by atoms with Gasteiger partial charge in [-0.25, -0.2) is 10.2 Å². The number of para-hydroxylation sites is 1. The molecule has 1 heterocycles. The highest BCUT2D eigenvalue weighted by molar-refractivity contribution is 6.46. The molecule has 1 aromatic rings. The van der Waals surface area contributed by atoms with Crippen molar-refractivity contribution in [3.8, 4) is 0 Å². The van der Waals surface area contributed by atoms with Crippen molar-refractivity contribution in [2.24, 2.45) is 5.10 Å². The van der Waals surface area contributed by atoms with Crippen molar-refractivity contribution in [3.05, 3.63) is 29.8 Å². The van der Waals surface area contributed by atoms with E-state index in [0.29, 0.717) is 0 Å². The van der Waals surface area contributed by atoms with Crippen LogP contribution in [0.25, 0.3) is 0 Å². The zero-order valence-corrected chi connectivity index (χ0v) is 9.14. The van der Waals surface area contributed by atoms with E-state index in [0.717, 1.165) is 0 Å². The molecule has 0 saturated carbocycles. The maximum absolute atomic E-state index is 11.7. The van der Waals surface area contributed by atoms with Gasteiger partial charge in [-0.3, -0.25) is 9.59 Å². The minimum atomic E-state index is -1.14. The van der Waals surface area contributed by atoms with Crippen LogP contribution in [0.2, 0.25) is 0 Å². The number of amides is 2. The van der Waals surface area contributed by atoms with Gasteiger partial charge in [0.15, 0.2) is 0 Å². The molecule has 0 saturated heterocycles. The average Bonchev–Trinajstić information content (AvgIpc) is 2.76. The van der Waals surface area contributed by atoms with Crippen LogP contribution < -0.4 is 10.7 Å². The number of rotatable bonds is 3. The molecule has 0 atom stereocenters. The van der Waals surface area contributed by atoms with E-state index >= 15 is 0 Å². The highest BCUT2D eigenvalue weighted by Gasteiger charge is 2.22. The number of carbonyl (C=O) groups is 3. The molecule has 7 heteroatoms. The second-order valence-electron chi connectivity index (χ2n) is 3.58. The number of hydrazone groups is 1. The third kappa shape index (κ3) is 2.34. The molecule has 1 aromatic carbocycles. The smallest absolute Gasteiger partial charge is 0.337 e. The number of carboxylic acid groups (broad SMARTS) is 1. The third-order valence-corrected chi connectivity index (χ3v) is 2.31. The summed E-state index contributed by atoms with van der Waals surface area (Å²) >= 11 is 0. The fraction of sp³-hybridized carbons (Fsp3) is 0.0909. The lowest BCUT2D eigenvalue weighted by Gasteiger charge is -2.07. The molecule has 0 aliphatic carbocycles. The van der Waals surface area contributed by atoms with E-state index < -0.39 is 11.9 Å². The standard InChI is InChI=1S/C11H9N3O4/c15-9-5-8(13-14-9)10(16)12-7-4-2-1-3-6(7)11(17)18/h1-4H,5H2,(H,12,16)(H,14,15)(H,17,18). The van der Waals surface area contributed by atoms with Crippen molar-refractivity contribution >= 4 is 29.2 Å². The van der Waals surface area contributed by atoms with Gasteiger partial charge in [0.25, 0.3) is 5.91 Å². The monoisotopic (exact) mass is 247 g/mol. The summed E-state index contributed by atoms with van der Waals surface area (Å²) in [7, 11) is 0. The summed E-state index contributed by atoms with van der Waals surface area (Å²) < 4.78 is 0. The first-order valence-electron chi connectivity index (χ1n) is 5.07. The Morgan fingerprint density at radius 2 is 2.06 bits per heavy atom. The van der Waals surface area contributed by atoms with Crippen LogP contribution in [0.15, 0.2) is 29.4 Å². The Hall–Kier alpha value is -2.70. The molecular weight excluding hydrogens is 238 g/mol. The summed E-state index contributed by atoms with van der Waals surface area (Å²) in [5.41, 5.74) is 2.31. The molecule has 0 radical (unpaired) electrons. The number of nitrogens with one attached hydrogen (secondary N) is 2. The summed E-state index contributed by atoms with van der Waals surface area (Å²) in [6.07, 6.45) is -0.110. The van der Waals surface area contributed by atoms with E-state index in [9.17, 15) is 14.4 Å². The molecule has 0 bridgehead atoms. The van der Waals surface area contributed by atoms with Crippen molar-refractivity contribution in [2.75, 3.05) is 5.32 Å². The van der Waals surface area contributed by atoms with Gasteiger partial charge < -0.3 is 10.4 Å². The Morgan fingerprint density at radius 3 is 2.67 bits per heavy atom. The lowest BCUT2D eigenvalue weighted by atomic mass is 10.1. The van der Waals surface area contributed by atoms with Gasteiger partial charge in [-0.1, -0.05) is 12.1 Å². The number of anilines is 1. The van der Waals surface area contributed by atoms with Crippen molar-refractivity contribution in [1.82, 2.24) is 5.43 Å². The second kappa shape index (κ2) is 4.66. The van der Waals surface area contributed by atoms with E-state index in [-0.39, 0.29) is 29.3 Å². The number of aromatic carboxylic acids is 1. The maximum Gasteiger partial charge on any atom is 0.337 e.